The van der Waals surface area contributed by atoms with Gasteiger partial charge in [-0.05, 0) is 50.1 Å². The second kappa shape index (κ2) is 6.96. The van der Waals surface area contributed by atoms with E-state index >= 15 is 0 Å². The van der Waals surface area contributed by atoms with Crippen molar-refractivity contribution in [2.45, 2.75) is 31.0 Å². The molecule has 1 aromatic heterocycles. The highest BCUT2D eigenvalue weighted by molar-refractivity contribution is 8.00. The zero-order valence-corrected chi connectivity index (χ0v) is 13.8. The first-order valence-corrected chi connectivity index (χ1v) is 7.88. The molecule has 1 heterocycles. The summed E-state index contributed by atoms with van der Waals surface area (Å²) in [6.45, 7) is 5.82. The van der Waals surface area contributed by atoms with E-state index in [1.165, 1.54) is 11.8 Å². The number of hydrogen-bond acceptors (Lipinski definition) is 3. The zero-order valence-electron chi connectivity index (χ0n) is 12.2. The number of thioether (sulfide) groups is 1. The Morgan fingerprint density at radius 2 is 2.10 bits per heavy atom. The average molecular weight is 321 g/mol. The summed E-state index contributed by atoms with van der Waals surface area (Å²) in [7, 11) is 0. The number of rotatable bonds is 4. The van der Waals surface area contributed by atoms with E-state index in [0.717, 1.165) is 16.8 Å². The van der Waals surface area contributed by atoms with Crippen LogP contribution in [0.3, 0.4) is 0 Å². The van der Waals surface area contributed by atoms with Gasteiger partial charge in [-0.15, -0.1) is 0 Å². The average Bonchev–Trinajstić information content (AvgIpc) is 2.45. The molecule has 1 aromatic carbocycles. The first kappa shape index (κ1) is 15.9. The standard InChI is InChI=1S/C16H17ClN2OS/c1-10-6-7-11(2)14(9-10)19-15(20)12(3)21-16-13(17)5-4-8-18-16/h4-9,12H,1-3H3,(H,19,20). The summed E-state index contributed by atoms with van der Waals surface area (Å²) < 4.78 is 0. The quantitative estimate of drug-likeness (QED) is 0.845. The zero-order chi connectivity index (χ0) is 15.4. The molecule has 0 aliphatic heterocycles. The highest BCUT2D eigenvalue weighted by Gasteiger charge is 2.17. The Hall–Kier alpha value is -1.52. The van der Waals surface area contributed by atoms with E-state index in [1.807, 2.05) is 39.0 Å². The van der Waals surface area contributed by atoms with Gasteiger partial charge in [-0.3, -0.25) is 4.79 Å². The summed E-state index contributed by atoms with van der Waals surface area (Å²) in [5.74, 6) is -0.0598. The van der Waals surface area contributed by atoms with Crippen molar-refractivity contribution in [2.75, 3.05) is 5.32 Å². The minimum absolute atomic E-state index is 0.0598. The van der Waals surface area contributed by atoms with E-state index < -0.39 is 0 Å². The van der Waals surface area contributed by atoms with E-state index in [0.29, 0.717) is 10.0 Å². The monoisotopic (exact) mass is 320 g/mol. The van der Waals surface area contributed by atoms with E-state index in [4.69, 9.17) is 11.6 Å². The summed E-state index contributed by atoms with van der Waals surface area (Å²) in [6.07, 6.45) is 1.67. The van der Waals surface area contributed by atoms with Gasteiger partial charge in [-0.1, -0.05) is 35.5 Å². The number of aromatic nitrogens is 1. The molecule has 1 unspecified atom stereocenters. The lowest BCUT2D eigenvalue weighted by atomic mass is 10.1. The lowest BCUT2D eigenvalue weighted by molar-refractivity contribution is -0.115. The third-order valence-corrected chi connectivity index (χ3v) is 4.57. The molecule has 2 rings (SSSR count). The number of hydrogen-bond donors (Lipinski definition) is 1. The van der Waals surface area contributed by atoms with Crippen LogP contribution >= 0.6 is 23.4 Å². The first-order chi connectivity index (χ1) is 9.97. The molecule has 0 aliphatic carbocycles. The lowest BCUT2D eigenvalue weighted by Crippen LogP contribution is -2.23. The molecular formula is C16H17ClN2OS. The van der Waals surface area contributed by atoms with Crippen molar-refractivity contribution in [3.05, 3.63) is 52.7 Å². The molecule has 3 nitrogen and oxygen atoms in total. The Bertz CT molecular complexity index is 660. The maximum absolute atomic E-state index is 12.3. The van der Waals surface area contributed by atoms with Crippen molar-refractivity contribution in [2.24, 2.45) is 0 Å². The lowest BCUT2D eigenvalue weighted by Gasteiger charge is -2.14. The van der Waals surface area contributed by atoms with Gasteiger partial charge in [0.1, 0.15) is 5.03 Å². The largest absolute Gasteiger partial charge is 0.325 e. The van der Waals surface area contributed by atoms with E-state index in [1.54, 1.807) is 18.3 Å². The van der Waals surface area contributed by atoms with Gasteiger partial charge in [0, 0.05) is 11.9 Å². The van der Waals surface area contributed by atoms with Crippen molar-refractivity contribution in [1.82, 2.24) is 4.98 Å². The smallest absolute Gasteiger partial charge is 0.237 e. The summed E-state index contributed by atoms with van der Waals surface area (Å²) in [4.78, 5) is 16.5. The second-order valence-corrected chi connectivity index (χ2v) is 6.59. The number of carbonyl (C=O) groups excluding carboxylic acids is 1. The third kappa shape index (κ3) is 4.22. The summed E-state index contributed by atoms with van der Waals surface area (Å²) in [5.41, 5.74) is 3.01. The Labute approximate surface area is 134 Å². The minimum Gasteiger partial charge on any atom is -0.325 e. The van der Waals surface area contributed by atoms with Gasteiger partial charge in [-0.2, -0.15) is 0 Å². The predicted octanol–water partition coefficient (Wildman–Crippen LogP) is 4.47. The summed E-state index contributed by atoms with van der Waals surface area (Å²) in [6, 6.07) is 9.53. The van der Waals surface area contributed by atoms with Gasteiger partial charge >= 0.3 is 0 Å². The first-order valence-electron chi connectivity index (χ1n) is 6.62. The molecule has 0 spiro atoms. The van der Waals surface area contributed by atoms with Crippen LogP contribution in [-0.2, 0) is 4.79 Å². The maximum Gasteiger partial charge on any atom is 0.237 e. The van der Waals surface area contributed by atoms with Crippen LogP contribution in [0.4, 0.5) is 5.69 Å². The fourth-order valence-electron chi connectivity index (χ4n) is 1.78. The second-order valence-electron chi connectivity index (χ2n) is 4.86. The van der Waals surface area contributed by atoms with Crippen molar-refractivity contribution in [1.29, 1.82) is 0 Å². The molecule has 0 saturated carbocycles. The van der Waals surface area contributed by atoms with Crippen molar-refractivity contribution in [3.63, 3.8) is 0 Å². The topological polar surface area (TPSA) is 42.0 Å². The number of benzene rings is 1. The number of nitrogens with one attached hydrogen (secondary N) is 1. The van der Waals surface area contributed by atoms with E-state index in [9.17, 15) is 4.79 Å². The molecular weight excluding hydrogens is 304 g/mol. The molecule has 21 heavy (non-hydrogen) atoms. The Morgan fingerprint density at radius 1 is 1.33 bits per heavy atom. The number of anilines is 1. The van der Waals surface area contributed by atoms with Crippen molar-refractivity contribution < 1.29 is 4.79 Å². The van der Waals surface area contributed by atoms with Gasteiger partial charge < -0.3 is 5.32 Å². The highest BCUT2D eigenvalue weighted by atomic mass is 35.5. The van der Waals surface area contributed by atoms with Gasteiger partial charge in [0.25, 0.3) is 0 Å². The highest BCUT2D eigenvalue weighted by Crippen LogP contribution is 2.28. The maximum atomic E-state index is 12.3. The summed E-state index contributed by atoms with van der Waals surface area (Å²) in [5, 5.41) is 3.91. The number of amides is 1. The Kier molecular flexibility index (Phi) is 5.26. The SMILES string of the molecule is Cc1ccc(C)c(NC(=O)C(C)Sc2ncccc2Cl)c1. The molecule has 1 amide bonds. The number of aryl methyl sites for hydroxylation is 2. The molecule has 2 aromatic rings. The minimum atomic E-state index is -0.280. The molecule has 110 valence electrons. The van der Waals surface area contributed by atoms with Gasteiger partial charge in [0.15, 0.2) is 0 Å². The number of nitrogens with zero attached hydrogens (tertiary/aromatic N) is 1. The van der Waals surface area contributed by atoms with Crippen LogP contribution in [0.5, 0.6) is 0 Å². The molecule has 0 saturated heterocycles. The molecule has 0 aliphatic rings. The number of pyridine rings is 1. The number of carbonyl (C=O) groups is 1. The third-order valence-electron chi connectivity index (χ3n) is 3.03. The fourth-order valence-corrected chi connectivity index (χ4v) is 2.84. The fraction of sp³-hybridized carbons (Fsp3) is 0.250. The van der Waals surface area contributed by atoms with Crippen LogP contribution in [0.2, 0.25) is 5.02 Å². The van der Waals surface area contributed by atoms with Crippen molar-refractivity contribution >= 4 is 35.0 Å². The predicted molar refractivity (Wildman–Crippen MR) is 89.1 cm³/mol. The van der Waals surface area contributed by atoms with Crippen LogP contribution < -0.4 is 5.32 Å². The molecule has 0 radical (unpaired) electrons. The number of halogens is 1. The molecule has 1 atom stereocenters. The van der Waals surface area contributed by atoms with Gasteiger partial charge in [-0.25, -0.2) is 4.98 Å². The summed E-state index contributed by atoms with van der Waals surface area (Å²) >= 11 is 7.42. The van der Waals surface area contributed by atoms with Gasteiger partial charge in [0.05, 0.1) is 10.3 Å². The van der Waals surface area contributed by atoms with Crippen LogP contribution in [0.15, 0.2) is 41.6 Å². The van der Waals surface area contributed by atoms with Crippen LogP contribution in [0.1, 0.15) is 18.1 Å². The Morgan fingerprint density at radius 3 is 2.81 bits per heavy atom. The van der Waals surface area contributed by atoms with E-state index in [2.05, 4.69) is 10.3 Å². The molecule has 5 heteroatoms. The van der Waals surface area contributed by atoms with Crippen LogP contribution in [0.25, 0.3) is 0 Å². The molecule has 1 N–H and O–H groups in total. The van der Waals surface area contributed by atoms with Crippen LogP contribution in [0, 0.1) is 13.8 Å². The molecule has 0 bridgehead atoms. The Balaban J connectivity index is 2.06. The normalized spacial score (nSPS) is 12.0. The van der Waals surface area contributed by atoms with Gasteiger partial charge in [0.2, 0.25) is 5.91 Å². The van der Waals surface area contributed by atoms with Crippen LogP contribution in [-0.4, -0.2) is 16.1 Å². The van der Waals surface area contributed by atoms with E-state index in [-0.39, 0.29) is 11.2 Å². The molecule has 0 fully saturated rings. The van der Waals surface area contributed by atoms with Crippen molar-refractivity contribution in [3.8, 4) is 0 Å².